The Hall–Kier alpha value is -3.00. The number of nitrogens with two attached hydrogens (primary N) is 1. The van der Waals surface area contributed by atoms with Gasteiger partial charge in [0.05, 0.1) is 12.2 Å². The van der Waals surface area contributed by atoms with E-state index in [0.29, 0.717) is 23.3 Å². The summed E-state index contributed by atoms with van der Waals surface area (Å²) in [5, 5.41) is 8.51. The molecule has 1 aliphatic rings. The van der Waals surface area contributed by atoms with Gasteiger partial charge in [-0.25, -0.2) is 9.18 Å². The topological polar surface area (TPSA) is 86.3 Å². The third-order valence-corrected chi connectivity index (χ3v) is 3.88. The Morgan fingerprint density at radius 1 is 1.21 bits per heavy atom. The molecular formula is C16H14FN5O2. The quantitative estimate of drug-likeness (QED) is 0.793. The second kappa shape index (κ2) is 5.57. The molecule has 0 saturated carbocycles. The first kappa shape index (κ1) is 14.6. The lowest BCUT2D eigenvalue weighted by atomic mass is 10.2. The predicted octanol–water partition coefficient (Wildman–Crippen LogP) is 1.84. The minimum absolute atomic E-state index is 0.206. The summed E-state index contributed by atoms with van der Waals surface area (Å²) in [5.41, 5.74) is 7.47. The first-order valence-corrected chi connectivity index (χ1v) is 7.46. The molecule has 1 atom stereocenters. The average molecular weight is 327 g/mol. The van der Waals surface area contributed by atoms with Gasteiger partial charge in [0.2, 0.25) is 0 Å². The molecule has 0 radical (unpaired) electrons. The fraction of sp³-hybridized carbons (Fsp3) is 0.188. The minimum Gasteiger partial charge on any atom is -0.443 e. The molecule has 4 rings (SSSR count). The summed E-state index contributed by atoms with van der Waals surface area (Å²) in [7, 11) is 0. The number of fused-ring (bicyclic) bond motifs is 1. The molecule has 2 N–H and O–H groups in total. The van der Waals surface area contributed by atoms with Crippen molar-refractivity contribution in [3.05, 3.63) is 48.3 Å². The van der Waals surface area contributed by atoms with Gasteiger partial charge in [0.1, 0.15) is 22.8 Å². The van der Waals surface area contributed by atoms with Gasteiger partial charge in [0.25, 0.3) is 0 Å². The summed E-state index contributed by atoms with van der Waals surface area (Å²) < 4.78 is 19.6. The maximum atomic E-state index is 14.5. The number of ether oxygens (including phenoxy) is 1. The van der Waals surface area contributed by atoms with Crippen molar-refractivity contribution >= 4 is 22.8 Å². The van der Waals surface area contributed by atoms with Gasteiger partial charge in [-0.3, -0.25) is 4.90 Å². The van der Waals surface area contributed by atoms with Gasteiger partial charge in [0, 0.05) is 12.6 Å². The highest BCUT2D eigenvalue weighted by Crippen LogP contribution is 2.25. The second-order valence-corrected chi connectivity index (χ2v) is 5.47. The van der Waals surface area contributed by atoms with Gasteiger partial charge in [-0.15, -0.1) is 15.0 Å². The lowest BCUT2D eigenvalue weighted by molar-refractivity contribution is 0.145. The smallest absolute Gasteiger partial charge is 0.414 e. The third-order valence-electron chi connectivity index (χ3n) is 3.88. The Morgan fingerprint density at radius 3 is 2.50 bits per heavy atom. The van der Waals surface area contributed by atoms with Crippen molar-refractivity contribution < 1.29 is 13.9 Å². The molecule has 3 aromatic rings. The monoisotopic (exact) mass is 327 g/mol. The molecule has 8 heteroatoms. The number of hydrogen-bond acceptors (Lipinski definition) is 5. The van der Waals surface area contributed by atoms with Crippen LogP contribution in [-0.4, -0.2) is 40.3 Å². The Balaban J connectivity index is 1.68. The van der Waals surface area contributed by atoms with Crippen LogP contribution in [0.25, 0.3) is 16.7 Å². The molecule has 2 heterocycles. The summed E-state index contributed by atoms with van der Waals surface area (Å²) in [6.07, 6.45) is -0.904. The SMILES string of the molecule is NC[C@H]1CN(c2ccc(-n3nc4ccccc4n3)c(F)c2)C(=O)O1. The highest BCUT2D eigenvalue weighted by atomic mass is 19.1. The zero-order valence-electron chi connectivity index (χ0n) is 12.6. The first-order chi connectivity index (χ1) is 11.7. The van der Waals surface area contributed by atoms with Gasteiger partial charge >= 0.3 is 6.09 Å². The fourth-order valence-electron chi connectivity index (χ4n) is 2.65. The lowest BCUT2D eigenvalue weighted by Crippen LogP contribution is -2.27. The van der Waals surface area contributed by atoms with Crippen molar-refractivity contribution in [2.24, 2.45) is 5.73 Å². The highest BCUT2D eigenvalue weighted by molar-refractivity contribution is 5.89. The van der Waals surface area contributed by atoms with Crippen molar-refractivity contribution in [3.8, 4) is 5.69 Å². The molecule has 1 saturated heterocycles. The van der Waals surface area contributed by atoms with E-state index >= 15 is 0 Å². The first-order valence-electron chi connectivity index (χ1n) is 7.46. The van der Waals surface area contributed by atoms with Gasteiger partial charge in [-0.1, -0.05) is 12.1 Å². The fourth-order valence-corrected chi connectivity index (χ4v) is 2.65. The molecule has 122 valence electrons. The molecule has 1 fully saturated rings. The summed E-state index contributed by atoms with van der Waals surface area (Å²) in [6, 6.07) is 11.7. The number of carbonyl (C=O) groups is 1. The van der Waals surface area contributed by atoms with Crippen LogP contribution in [0.5, 0.6) is 0 Å². The molecule has 24 heavy (non-hydrogen) atoms. The number of cyclic esters (lactones) is 1. The number of anilines is 1. The molecule has 0 aliphatic carbocycles. The van der Waals surface area contributed by atoms with Crippen LogP contribution >= 0.6 is 0 Å². The van der Waals surface area contributed by atoms with Crippen molar-refractivity contribution in [2.45, 2.75) is 6.10 Å². The van der Waals surface area contributed by atoms with Crippen LogP contribution in [0.15, 0.2) is 42.5 Å². The average Bonchev–Trinajstić information content (AvgIpc) is 3.17. The highest BCUT2D eigenvalue weighted by Gasteiger charge is 2.31. The number of carbonyl (C=O) groups excluding carboxylic acids is 1. The van der Waals surface area contributed by atoms with Gasteiger partial charge in [0.15, 0.2) is 5.82 Å². The number of halogens is 1. The zero-order chi connectivity index (χ0) is 16.7. The Bertz CT molecular complexity index is 893. The molecule has 1 aliphatic heterocycles. The standard InChI is InChI=1S/C16H14FN5O2/c17-12-7-10(21-9-11(8-18)24-16(21)23)5-6-15(12)22-19-13-3-1-2-4-14(13)20-22/h1-7,11H,8-9,18H2/t11-/m0/s1. The normalized spacial score (nSPS) is 17.5. The van der Waals surface area contributed by atoms with E-state index in [1.54, 1.807) is 18.2 Å². The zero-order valence-corrected chi connectivity index (χ0v) is 12.6. The van der Waals surface area contributed by atoms with Crippen LogP contribution in [0, 0.1) is 5.82 Å². The van der Waals surface area contributed by atoms with Crippen molar-refractivity contribution in [2.75, 3.05) is 18.0 Å². The van der Waals surface area contributed by atoms with Crippen molar-refractivity contribution in [3.63, 3.8) is 0 Å². The summed E-state index contributed by atoms with van der Waals surface area (Å²) in [5.74, 6) is -0.531. The van der Waals surface area contributed by atoms with Gasteiger partial charge in [-0.05, 0) is 24.3 Å². The molecule has 0 bridgehead atoms. The van der Waals surface area contributed by atoms with Crippen LogP contribution in [0.4, 0.5) is 14.9 Å². The number of aromatic nitrogens is 3. The Morgan fingerprint density at radius 2 is 1.92 bits per heavy atom. The van der Waals surface area contributed by atoms with Crippen LogP contribution in [0.3, 0.4) is 0 Å². The van der Waals surface area contributed by atoms with Crippen molar-refractivity contribution in [1.29, 1.82) is 0 Å². The molecule has 7 nitrogen and oxygen atoms in total. The van der Waals surface area contributed by atoms with E-state index in [9.17, 15) is 9.18 Å². The van der Waals surface area contributed by atoms with E-state index in [1.165, 1.54) is 21.8 Å². The maximum absolute atomic E-state index is 14.5. The van der Waals surface area contributed by atoms with E-state index in [1.807, 2.05) is 12.1 Å². The van der Waals surface area contributed by atoms with E-state index in [2.05, 4.69) is 10.2 Å². The van der Waals surface area contributed by atoms with Gasteiger partial charge in [-0.2, -0.15) is 0 Å². The summed E-state index contributed by atoms with van der Waals surface area (Å²) in [6.45, 7) is 0.532. The number of benzene rings is 2. The molecule has 2 aromatic carbocycles. The molecule has 1 amide bonds. The van der Waals surface area contributed by atoms with Crippen LogP contribution in [-0.2, 0) is 4.74 Å². The van der Waals surface area contributed by atoms with Gasteiger partial charge < -0.3 is 10.5 Å². The van der Waals surface area contributed by atoms with E-state index in [4.69, 9.17) is 10.5 Å². The van der Waals surface area contributed by atoms with Crippen molar-refractivity contribution in [1.82, 2.24) is 15.0 Å². The third kappa shape index (κ3) is 2.37. The Labute approximate surface area is 136 Å². The largest absolute Gasteiger partial charge is 0.443 e. The molecular weight excluding hydrogens is 313 g/mol. The van der Waals surface area contributed by atoms with Crippen LogP contribution < -0.4 is 10.6 Å². The number of nitrogens with zero attached hydrogens (tertiary/aromatic N) is 4. The summed E-state index contributed by atoms with van der Waals surface area (Å²) in [4.78, 5) is 14.4. The summed E-state index contributed by atoms with van der Waals surface area (Å²) >= 11 is 0. The van der Waals surface area contributed by atoms with Crippen LogP contribution in [0.1, 0.15) is 0 Å². The second-order valence-electron chi connectivity index (χ2n) is 5.47. The minimum atomic E-state index is -0.531. The maximum Gasteiger partial charge on any atom is 0.414 e. The number of amides is 1. The lowest BCUT2D eigenvalue weighted by Gasteiger charge is -2.13. The van der Waals surface area contributed by atoms with E-state index in [0.717, 1.165) is 0 Å². The van der Waals surface area contributed by atoms with E-state index in [-0.39, 0.29) is 18.3 Å². The van der Waals surface area contributed by atoms with E-state index < -0.39 is 11.9 Å². The number of rotatable bonds is 3. The Kier molecular flexibility index (Phi) is 3.39. The molecule has 1 aromatic heterocycles. The predicted molar refractivity (Wildman–Crippen MR) is 85.5 cm³/mol. The molecule has 0 unspecified atom stereocenters. The number of hydrogen-bond donors (Lipinski definition) is 1. The van der Waals surface area contributed by atoms with Crippen LogP contribution in [0.2, 0.25) is 0 Å². The molecule has 0 spiro atoms.